The zero-order chi connectivity index (χ0) is 12.7. The molecule has 0 fully saturated rings. The number of benzene rings is 1. The second-order valence-electron chi connectivity index (χ2n) is 4.54. The van der Waals surface area contributed by atoms with E-state index in [-0.39, 0.29) is 0 Å². The van der Waals surface area contributed by atoms with Crippen molar-refractivity contribution in [2.45, 2.75) is 19.3 Å². The van der Waals surface area contributed by atoms with Gasteiger partial charge in [0.05, 0.1) is 9.26 Å². The first-order valence-electron chi connectivity index (χ1n) is 6.00. The maximum Gasteiger partial charge on any atom is 0.143 e. The van der Waals surface area contributed by atoms with Crippen LogP contribution < -0.4 is 5.32 Å². The normalized spacial score (nSPS) is 16.9. The van der Waals surface area contributed by atoms with E-state index in [1.54, 1.807) is 0 Å². The van der Waals surface area contributed by atoms with E-state index in [9.17, 15) is 0 Å². The molecule has 1 N–H and O–H groups in total. The van der Waals surface area contributed by atoms with Gasteiger partial charge >= 0.3 is 0 Å². The smallest absolute Gasteiger partial charge is 0.143 e. The fraction of sp³-hybridized carbons (Fsp3) is 0.286. The van der Waals surface area contributed by atoms with E-state index in [4.69, 9.17) is 0 Å². The molecule has 1 aromatic carbocycles. The average molecular weight is 351 g/mol. The summed E-state index contributed by atoms with van der Waals surface area (Å²) in [6, 6.07) is 8.54. The monoisotopic (exact) mass is 351 g/mol. The number of hydrogen-bond acceptors (Lipinski definition) is 3. The minimum absolute atomic E-state index is 0.365. The highest BCUT2D eigenvalue weighted by molar-refractivity contribution is 14.1. The predicted octanol–water partition coefficient (Wildman–Crippen LogP) is 3.12. The van der Waals surface area contributed by atoms with Crippen LogP contribution in [0, 0.1) is 10.5 Å². The number of nitrogens with zero attached hydrogens (tertiary/aromatic N) is 2. The zero-order valence-electron chi connectivity index (χ0n) is 10.4. The molecular weight excluding hydrogens is 337 g/mol. The van der Waals surface area contributed by atoms with E-state index >= 15 is 0 Å². The third kappa shape index (κ3) is 1.79. The summed E-state index contributed by atoms with van der Waals surface area (Å²) in [7, 11) is 1.91. The van der Waals surface area contributed by atoms with Gasteiger partial charge in [-0.25, -0.2) is 9.97 Å². The van der Waals surface area contributed by atoms with Crippen molar-refractivity contribution in [1.82, 2.24) is 9.97 Å². The molecule has 0 saturated heterocycles. The van der Waals surface area contributed by atoms with E-state index in [1.807, 2.05) is 14.0 Å². The number of hydrogen-bond donors (Lipinski definition) is 1. The van der Waals surface area contributed by atoms with Crippen molar-refractivity contribution in [3.8, 4) is 0 Å². The fourth-order valence-electron chi connectivity index (χ4n) is 2.39. The quantitative estimate of drug-likeness (QED) is 0.845. The van der Waals surface area contributed by atoms with Gasteiger partial charge in [0.2, 0.25) is 0 Å². The van der Waals surface area contributed by atoms with Crippen molar-refractivity contribution < 1.29 is 0 Å². The zero-order valence-corrected chi connectivity index (χ0v) is 12.5. The van der Waals surface area contributed by atoms with Crippen molar-refractivity contribution in [3.63, 3.8) is 0 Å². The summed E-state index contributed by atoms with van der Waals surface area (Å²) < 4.78 is 1.10. The van der Waals surface area contributed by atoms with Crippen LogP contribution in [0.4, 0.5) is 5.82 Å². The number of nitrogens with one attached hydrogen (secondary N) is 1. The van der Waals surface area contributed by atoms with Crippen molar-refractivity contribution in [1.29, 1.82) is 0 Å². The Morgan fingerprint density at radius 2 is 2.06 bits per heavy atom. The molecule has 4 heteroatoms. The van der Waals surface area contributed by atoms with Gasteiger partial charge in [-0.15, -0.1) is 0 Å². The third-order valence-electron chi connectivity index (χ3n) is 3.44. The van der Waals surface area contributed by atoms with Crippen molar-refractivity contribution in [3.05, 3.63) is 50.5 Å². The van der Waals surface area contributed by atoms with Gasteiger partial charge in [-0.05, 0) is 47.1 Å². The molecule has 2 aromatic rings. The van der Waals surface area contributed by atoms with Crippen LogP contribution in [0.5, 0.6) is 0 Å². The Morgan fingerprint density at radius 3 is 2.78 bits per heavy atom. The van der Waals surface area contributed by atoms with Crippen LogP contribution in [-0.2, 0) is 6.42 Å². The van der Waals surface area contributed by atoms with Crippen molar-refractivity contribution >= 4 is 28.4 Å². The van der Waals surface area contributed by atoms with E-state index in [0.717, 1.165) is 27.3 Å². The summed E-state index contributed by atoms with van der Waals surface area (Å²) in [5.74, 6) is 2.24. The van der Waals surface area contributed by atoms with E-state index in [2.05, 4.69) is 62.1 Å². The Balaban J connectivity index is 2.03. The lowest BCUT2D eigenvalue weighted by molar-refractivity contribution is 0.656. The molecule has 92 valence electrons. The Morgan fingerprint density at radius 1 is 1.28 bits per heavy atom. The van der Waals surface area contributed by atoms with Gasteiger partial charge in [-0.3, -0.25) is 0 Å². The number of aromatic nitrogens is 2. The SMILES string of the molecule is CNc1nc(C2Cc3ccccc32)nc(C)c1I. The molecule has 0 saturated carbocycles. The summed E-state index contributed by atoms with van der Waals surface area (Å²) in [6.07, 6.45) is 1.05. The number of rotatable bonds is 2. The molecule has 0 bridgehead atoms. The van der Waals surface area contributed by atoms with Gasteiger partial charge in [0.15, 0.2) is 0 Å². The molecule has 0 radical (unpaired) electrons. The first-order chi connectivity index (χ1) is 8.70. The highest BCUT2D eigenvalue weighted by Crippen LogP contribution is 2.39. The van der Waals surface area contributed by atoms with Crippen LogP contribution in [-0.4, -0.2) is 17.0 Å². The van der Waals surface area contributed by atoms with Crippen LogP contribution in [0.25, 0.3) is 0 Å². The summed E-state index contributed by atoms with van der Waals surface area (Å²) in [5, 5.41) is 3.14. The number of anilines is 1. The van der Waals surface area contributed by atoms with Crippen molar-refractivity contribution in [2.24, 2.45) is 0 Å². The molecule has 1 aliphatic rings. The second kappa shape index (κ2) is 4.50. The maximum atomic E-state index is 4.64. The van der Waals surface area contributed by atoms with Gasteiger partial charge in [0.1, 0.15) is 11.6 Å². The van der Waals surface area contributed by atoms with Crippen LogP contribution in [0.2, 0.25) is 0 Å². The lowest BCUT2D eigenvalue weighted by Crippen LogP contribution is -2.21. The van der Waals surface area contributed by atoms with Crippen molar-refractivity contribution in [2.75, 3.05) is 12.4 Å². The molecule has 1 heterocycles. The van der Waals surface area contributed by atoms with Crippen LogP contribution >= 0.6 is 22.6 Å². The van der Waals surface area contributed by atoms with E-state index in [1.165, 1.54) is 11.1 Å². The summed E-state index contributed by atoms with van der Waals surface area (Å²) in [4.78, 5) is 9.29. The average Bonchev–Trinajstić information content (AvgIpc) is 2.35. The summed E-state index contributed by atoms with van der Waals surface area (Å²) >= 11 is 2.29. The minimum Gasteiger partial charge on any atom is -0.372 e. The predicted molar refractivity (Wildman–Crippen MR) is 81.0 cm³/mol. The third-order valence-corrected chi connectivity index (χ3v) is 4.73. The Bertz CT molecular complexity index is 610. The summed E-state index contributed by atoms with van der Waals surface area (Å²) in [6.45, 7) is 2.04. The van der Waals surface area contributed by atoms with Crippen LogP contribution in [0.15, 0.2) is 24.3 Å². The molecule has 0 amide bonds. The lowest BCUT2D eigenvalue weighted by atomic mass is 9.77. The Labute approximate surface area is 120 Å². The van der Waals surface area contributed by atoms with Gasteiger partial charge in [-0.2, -0.15) is 0 Å². The second-order valence-corrected chi connectivity index (χ2v) is 5.61. The van der Waals surface area contributed by atoms with Crippen LogP contribution in [0.3, 0.4) is 0 Å². The first kappa shape index (κ1) is 11.9. The minimum atomic E-state index is 0.365. The highest BCUT2D eigenvalue weighted by atomic mass is 127. The highest BCUT2D eigenvalue weighted by Gasteiger charge is 2.30. The number of fused-ring (bicyclic) bond motifs is 1. The van der Waals surface area contributed by atoms with Gasteiger partial charge in [0, 0.05) is 13.0 Å². The Kier molecular flexibility index (Phi) is 2.97. The van der Waals surface area contributed by atoms with Gasteiger partial charge < -0.3 is 5.32 Å². The molecule has 18 heavy (non-hydrogen) atoms. The molecule has 3 rings (SSSR count). The van der Waals surface area contributed by atoms with Crippen LogP contribution in [0.1, 0.15) is 28.6 Å². The molecule has 0 aliphatic heterocycles. The lowest BCUT2D eigenvalue weighted by Gasteiger charge is -2.29. The van der Waals surface area contributed by atoms with Gasteiger partial charge in [-0.1, -0.05) is 24.3 Å². The topological polar surface area (TPSA) is 37.8 Å². The number of halogens is 1. The maximum absolute atomic E-state index is 4.64. The summed E-state index contributed by atoms with van der Waals surface area (Å²) in [5.41, 5.74) is 3.85. The standard InChI is InChI=1S/C14H14IN3/c1-8-12(15)14(16-2)18-13(17-8)11-7-9-5-3-4-6-10(9)11/h3-6,11H,7H2,1-2H3,(H,16,17,18). The molecule has 1 aliphatic carbocycles. The molecule has 1 aromatic heterocycles. The molecule has 3 nitrogen and oxygen atoms in total. The molecule has 0 spiro atoms. The Hall–Kier alpha value is -1.17. The molecule has 1 atom stereocenters. The number of aryl methyl sites for hydroxylation is 1. The first-order valence-corrected chi connectivity index (χ1v) is 7.08. The van der Waals surface area contributed by atoms with Gasteiger partial charge in [0.25, 0.3) is 0 Å². The van der Waals surface area contributed by atoms with E-state index in [0.29, 0.717) is 5.92 Å². The molecule has 1 unspecified atom stereocenters. The molecular formula is C14H14IN3. The fourth-order valence-corrected chi connectivity index (χ4v) is 2.90. The van der Waals surface area contributed by atoms with E-state index < -0.39 is 0 Å². The largest absolute Gasteiger partial charge is 0.372 e.